The van der Waals surface area contributed by atoms with Crippen LogP contribution in [0.15, 0.2) is 72.8 Å². The molecule has 32 heavy (non-hydrogen) atoms. The average Bonchev–Trinajstić information content (AvgIpc) is 3.59. The molecule has 0 aliphatic carbocycles. The van der Waals surface area contributed by atoms with Crippen LogP contribution in [0.4, 0.5) is 0 Å². The minimum absolute atomic E-state index is 0.0351. The number of carbonyl (C=O) groups is 1. The van der Waals surface area contributed by atoms with E-state index in [9.17, 15) is 4.79 Å². The fourth-order valence-electron chi connectivity index (χ4n) is 3.95. The van der Waals surface area contributed by atoms with Crippen molar-refractivity contribution in [3.63, 3.8) is 0 Å². The van der Waals surface area contributed by atoms with Crippen molar-refractivity contribution in [3.8, 4) is 0 Å². The second-order valence-corrected chi connectivity index (χ2v) is 7.78. The number of hydrogen-bond donors (Lipinski definition) is 2. The molecular weight excluding hydrogens is 396 g/mol. The molecule has 0 saturated carbocycles. The molecule has 8 bridgehead atoms. The van der Waals surface area contributed by atoms with E-state index in [0.717, 1.165) is 44.8 Å². The van der Waals surface area contributed by atoms with Gasteiger partial charge in [0.05, 0.1) is 28.3 Å². The zero-order valence-corrected chi connectivity index (χ0v) is 17.0. The van der Waals surface area contributed by atoms with Crippen LogP contribution >= 0.6 is 0 Å². The predicted octanol–water partition coefficient (Wildman–Crippen LogP) is 5.89. The van der Waals surface area contributed by atoms with Gasteiger partial charge in [0.2, 0.25) is 0 Å². The van der Waals surface area contributed by atoms with E-state index in [1.807, 2.05) is 97.1 Å². The van der Waals surface area contributed by atoms with Crippen molar-refractivity contribution in [1.82, 2.24) is 19.9 Å². The molecule has 0 amide bonds. The molecular formula is C27H18N4O. The summed E-state index contributed by atoms with van der Waals surface area (Å²) in [6, 6.07) is 23.1. The first-order valence-electron chi connectivity index (χ1n) is 10.4. The molecule has 2 aliphatic rings. The van der Waals surface area contributed by atoms with Gasteiger partial charge in [-0.15, -0.1) is 0 Å². The summed E-state index contributed by atoms with van der Waals surface area (Å²) >= 11 is 0. The van der Waals surface area contributed by atoms with E-state index in [4.69, 9.17) is 4.98 Å². The second-order valence-electron chi connectivity index (χ2n) is 7.78. The van der Waals surface area contributed by atoms with E-state index >= 15 is 0 Å². The van der Waals surface area contributed by atoms with Gasteiger partial charge in [-0.25, -0.2) is 9.97 Å². The summed E-state index contributed by atoms with van der Waals surface area (Å²) in [5.74, 6) is -0.0351. The van der Waals surface area contributed by atoms with Crippen LogP contribution in [0.2, 0.25) is 0 Å². The van der Waals surface area contributed by atoms with E-state index in [-0.39, 0.29) is 5.78 Å². The van der Waals surface area contributed by atoms with Gasteiger partial charge in [0, 0.05) is 27.7 Å². The fraction of sp³-hybridized carbons (Fsp3) is 0. The zero-order valence-electron chi connectivity index (χ0n) is 17.0. The van der Waals surface area contributed by atoms with Crippen molar-refractivity contribution in [2.45, 2.75) is 0 Å². The Morgan fingerprint density at radius 2 is 1.16 bits per heavy atom. The van der Waals surface area contributed by atoms with Gasteiger partial charge in [-0.2, -0.15) is 0 Å². The van der Waals surface area contributed by atoms with Crippen LogP contribution in [0.5, 0.6) is 0 Å². The third-order valence-corrected chi connectivity index (χ3v) is 5.45. The lowest BCUT2D eigenvalue weighted by molar-refractivity contribution is 0.104. The molecule has 2 N–H and O–H groups in total. The van der Waals surface area contributed by atoms with Crippen molar-refractivity contribution in [1.29, 1.82) is 0 Å². The zero-order chi connectivity index (χ0) is 21.5. The van der Waals surface area contributed by atoms with E-state index in [0.29, 0.717) is 11.1 Å². The summed E-state index contributed by atoms with van der Waals surface area (Å²) in [5, 5.41) is 0. The Labute approximate surface area is 183 Å². The SMILES string of the molecule is O=C(c1ccccc1)c1cc2cc3nc(cc4ccc(cc5nc(cc1[nH]2)C=C5)[nH]4)C=C3. The number of nitrogens with one attached hydrogen (secondary N) is 2. The maximum Gasteiger partial charge on any atom is 0.195 e. The molecule has 0 fully saturated rings. The van der Waals surface area contributed by atoms with Crippen molar-refractivity contribution < 1.29 is 4.79 Å². The third kappa shape index (κ3) is 3.46. The Kier molecular flexibility index (Phi) is 4.18. The summed E-state index contributed by atoms with van der Waals surface area (Å²) in [5.41, 5.74) is 8.05. The van der Waals surface area contributed by atoms with Gasteiger partial charge in [0.1, 0.15) is 0 Å². The third-order valence-electron chi connectivity index (χ3n) is 5.45. The Bertz CT molecular complexity index is 1590. The molecule has 5 heterocycles. The highest BCUT2D eigenvalue weighted by atomic mass is 16.1. The van der Waals surface area contributed by atoms with E-state index in [1.165, 1.54) is 0 Å². The van der Waals surface area contributed by atoms with Crippen LogP contribution in [0.3, 0.4) is 0 Å². The number of rotatable bonds is 2. The summed E-state index contributed by atoms with van der Waals surface area (Å²) in [4.78, 5) is 29.4. The number of carbonyl (C=O) groups excluding carboxylic acids is 1. The first-order valence-corrected chi connectivity index (χ1v) is 10.4. The molecule has 6 rings (SSSR count). The lowest BCUT2D eigenvalue weighted by Gasteiger charge is -1.98. The maximum absolute atomic E-state index is 13.3. The number of benzene rings is 1. The Morgan fingerprint density at radius 3 is 1.78 bits per heavy atom. The van der Waals surface area contributed by atoms with Gasteiger partial charge in [0.25, 0.3) is 0 Å². The molecule has 2 aliphatic heterocycles. The van der Waals surface area contributed by atoms with Gasteiger partial charge in [-0.05, 0) is 66.8 Å². The van der Waals surface area contributed by atoms with Gasteiger partial charge < -0.3 is 9.97 Å². The van der Waals surface area contributed by atoms with Crippen LogP contribution < -0.4 is 0 Å². The number of fused-ring (bicyclic) bond motifs is 8. The molecule has 4 aromatic rings. The second kappa shape index (κ2) is 7.32. The predicted molar refractivity (Wildman–Crippen MR) is 129 cm³/mol. The van der Waals surface area contributed by atoms with E-state index in [1.54, 1.807) is 0 Å². The summed E-state index contributed by atoms with van der Waals surface area (Å²) in [6.45, 7) is 0. The number of aromatic nitrogens is 4. The van der Waals surface area contributed by atoms with E-state index < -0.39 is 0 Å². The Hall–Kier alpha value is -4.51. The molecule has 0 radical (unpaired) electrons. The minimum atomic E-state index is -0.0351. The Morgan fingerprint density at radius 1 is 0.594 bits per heavy atom. The van der Waals surface area contributed by atoms with Gasteiger partial charge in [-0.3, -0.25) is 4.79 Å². The smallest absolute Gasteiger partial charge is 0.195 e. The van der Waals surface area contributed by atoms with Crippen LogP contribution in [0.1, 0.15) is 38.7 Å². The first kappa shape index (κ1) is 18.3. The molecule has 0 atom stereocenters. The van der Waals surface area contributed by atoms with Gasteiger partial charge >= 0.3 is 0 Å². The normalized spacial score (nSPS) is 12.2. The number of ketones is 1. The highest BCUT2D eigenvalue weighted by Crippen LogP contribution is 2.21. The standard InChI is InChI=1S/C27H18N4O/c32-27(17-4-2-1-3-5-17)25-15-24-14-22-9-8-20(29-22)12-18-6-7-19(28-18)13-21-10-11-23(30-21)16-26(25)31-24/h1-16,28,31H. The number of hydrogen-bond acceptors (Lipinski definition) is 3. The number of H-pyrrole nitrogens is 2. The summed E-state index contributed by atoms with van der Waals surface area (Å²) in [7, 11) is 0. The molecule has 0 saturated heterocycles. The molecule has 5 heteroatoms. The minimum Gasteiger partial charge on any atom is -0.355 e. The molecule has 1 aromatic carbocycles. The lowest BCUT2D eigenvalue weighted by atomic mass is 10.0. The number of aromatic amines is 2. The van der Waals surface area contributed by atoms with Gasteiger partial charge in [0.15, 0.2) is 5.78 Å². The van der Waals surface area contributed by atoms with Crippen LogP contribution in [-0.4, -0.2) is 25.7 Å². The van der Waals surface area contributed by atoms with Crippen LogP contribution in [-0.2, 0) is 0 Å². The monoisotopic (exact) mass is 414 g/mol. The highest BCUT2D eigenvalue weighted by Gasteiger charge is 2.13. The number of nitrogens with zero attached hydrogens (tertiary/aromatic N) is 2. The topological polar surface area (TPSA) is 74.4 Å². The van der Waals surface area contributed by atoms with Crippen molar-refractivity contribution in [3.05, 3.63) is 107 Å². The summed E-state index contributed by atoms with van der Waals surface area (Å²) in [6.07, 6.45) is 7.86. The molecule has 3 aromatic heterocycles. The summed E-state index contributed by atoms with van der Waals surface area (Å²) < 4.78 is 0. The average molecular weight is 414 g/mol. The maximum atomic E-state index is 13.3. The van der Waals surface area contributed by atoms with E-state index in [2.05, 4.69) is 15.0 Å². The fourth-order valence-corrected chi connectivity index (χ4v) is 3.95. The van der Waals surface area contributed by atoms with Crippen molar-refractivity contribution in [2.24, 2.45) is 0 Å². The highest BCUT2D eigenvalue weighted by molar-refractivity contribution is 6.14. The molecule has 0 unspecified atom stereocenters. The Balaban J connectivity index is 1.64. The lowest BCUT2D eigenvalue weighted by Crippen LogP contribution is -1.99. The largest absolute Gasteiger partial charge is 0.355 e. The van der Waals surface area contributed by atoms with Crippen LogP contribution in [0, 0.1) is 0 Å². The first-order chi connectivity index (χ1) is 15.7. The van der Waals surface area contributed by atoms with Crippen LogP contribution in [0.25, 0.3) is 46.4 Å². The van der Waals surface area contributed by atoms with Gasteiger partial charge in [-0.1, -0.05) is 30.3 Å². The van der Waals surface area contributed by atoms with Crippen molar-refractivity contribution >= 4 is 52.2 Å². The molecule has 0 spiro atoms. The molecule has 152 valence electrons. The molecule has 5 nitrogen and oxygen atoms in total. The quantitative estimate of drug-likeness (QED) is 0.347. The van der Waals surface area contributed by atoms with Crippen molar-refractivity contribution in [2.75, 3.05) is 0 Å².